The molecule has 1 fully saturated rings. The summed E-state index contributed by atoms with van der Waals surface area (Å²) in [6.07, 6.45) is 2.20. The van der Waals surface area contributed by atoms with Crippen molar-refractivity contribution in [2.75, 3.05) is 34.7 Å². The van der Waals surface area contributed by atoms with Gasteiger partial charge in [-0.05, 0) is 12.8 Å². The lowest BCUT2D eigenvalue weighted by molar-refractivity contribution is 0.176. The normalized spacial score (nSPS) is 21.6. The predicted octanol–water partition coefficient (Wildman–Crippen LogP) is -0.205. The molecule has 0 bridgehead atoms. The van der Waals surface area contributed by atoms with Gasteiger partial charge in [0, 0.05) is 34.7 Å². The Hall–Kier alpha value is -0.820. The van der Waals surface area contributed by atoms with Gasteiger partial charge in [-0.25, -0.2) is 17.5 Å². The average Bonchev–Trinajstić information content (AvgIpc) is 2.64. The molecule has 0 spiro atoms. The van der Waals surface area contributed by atoms with E-state index in [4.69, 9.17) is 0 Å². The van der Waals surface area contributed by atoms with E-state index >= 15 is 0 Å². The molecule has 1 radical (unpaired) electrons. The van der Waals surface area contributed by atoms with Gasteiger partial charge in [-0.2, -0.15) is 0 Å². The number of hydrogen-bond acceptors (Lipinski definition) is 3. The molecular weight excluding hydrogens is 230 g/mol. The summed E-state index contributed by atoms with van der Waals surface area (Å²) in [7, 11) is 2.75. The molecule has 16 heavy (non-hydrogen) atoms. The Morgan fingerprint density at radius 2 is 1.88 bits per heavy atom. The van der Waals surface area contributed by atoms with Crippen LogP contribution in [-0.4, -0.2) is 68.7 Å². The Morgan fingerprint density at radius 1 is 1.31 bits per heavy atom. The van der Waals surface area contributed by atoms with E-state index in [0.29, 0.717) is 13.0 Å². The van der Waals surface area contributed by atoms with E-state index in [0.717, 1.165) is 4.31 Å². The molecule has 1 atom stereocenters. The van der Waals surface area contributed by atoms with Crippen LogP contribution in [0.1, 0.15) is 6.42 Å². The van der Waals surface area contributed by atoms with E-state index < -0.39 is 15.4 Å². The van der Waals surface area contributed by atoms with Crippen molar-refractivity contribution < 1.29 is 13.2 Å². The molecule has 1 aliphatic rings. The molecule has 0 saturated carbocycles. The Kier molecular flexibility index (Phi) is 3.80. The second kappa shape index (κ2) is 4.58. The fourth-order valence-electron chi connectivity index (χ4n) is 1.58. The molecule has 0 unspecified atom stereocenters. The number of amides is 2. The van der Waals surface area contributed by atoms with E-state index in [9.17, 15) is 13.2 Å². The summed E-state index contributed by atoms with van der Waals surface area (Å²) >= 11 is 0. The molecule has 0 aliphatic carbocycles. The average molecular weight is 248 g/mol. The van der Waals surface area contributed by atoms with Gasteiger partial charge in [-0.15, -0.1) is 0 Å². The number of urea groups is 1. The highest BCUT2D eigenvalue weighted by Gasteiger charge is 2.40. The van der Waals surface area contributed by atoms with Crippen molar-refractivity contribution in [3.8, 4) is 0 Å². The molecule has 1 heterocycles. The molecule has 1 rings (SSSR count). The van der Waals surface area contributed by atoms with E-state index in [2.05, 4.69) is 0 Å². The SMILES string of the molecule is CN(C)C(=O)N1C[CH]C[C@H]1S(=O)(=O)N(C)C. The molecule has 7 heteroatoms. The third kappa shape index (κ3) is 2.30. The molecule has 0 aromatic carbocycles. The second-order valence-electron chi connectivity index (χ2n) is 4.14. The zero-order valence-corrected chi connectivity index (χ0v) is 10.9. The first-order valence-corrected chi connectivity index (χ1v) is 6.49. The molecule has 0 aromatic rings. The van der Waals surface area contributed by atoms with Crippen molar-refractivity contribution in [2.45, 2.75) is 11.8 Å². The highest BCUT2D eigenvalue weighted by atomic mass is 32.2. The number of carbonyl (C=O) groups excluding carboxylic acids is 1. The fourth-order valence-corrected chi connectivity index (χ4v) is 2.95. The monoisotopic (exact) mass is 248 g/mol. The number of likely N-dealkylation sites (tertiary alicyclic amines) is 1. The van der Waals surface area contributed by atoms with Crippen molar-refractivity contribution in [1.29, 1.82) is 0 Å². The van der Waals surface area contributed by atoms with Crippen LogP contribution in [0.3, 0.4) is 0 Å². The van der Waals surface area contributed by atoms with Crippen LogP contribution in [0.15, 0.2) is 0 Å². The third-order valence-corrected chi connectivity index (χ3v) is 4.68. The van der Waals surface area contributed by atoms with Gasteiger partial charge in [-0.3, -0.25) is 0 Å². The molecule has 1 saturated heterocycles. The summed E-state index contributed by atoms with van der Waals surface area (Å²) in [4.78, 5) is 14.5. The van der Waals surface area contributed by atoms with E-state index in [1.807, 2.05) is 6.42 Å². The number of hydrogen-bond donors (Lipinski definition) is 0. The second-order valence-corrected chi connectivity index (χ2v) is 6.44. The molecule has 2 amide bonds. The molecule has 0 N–H and O–H groups in total. The van der Waals surface area contributed by atoms with Crippen LogP contribution in [0.25, 0.3) is 0 Å². The molecule has 6 nitrogen and oxygen atoms in total. The van der Waals surface area contributed by atoms with E-state index in [1.165, 1.54) is 23.9 Å². The van der Waals surface area contributed by atoms with Crippen LogP contribution in [0.5, 0.6) is 0 Å². The minimum atomic E-state index is -3.42. The summed E-state index contributed by atoms with van der Waals surface area (Å²) in [6, 6.07) is -0.274. The topological polar surface area (TPSA) is 60.9 Å². The van der Waals surface area contributed by atoms with Crippen molar-refractivity contribution in [1.82, 2.24) is 14.1 Å². The van der Waals surface area contributed by atoms with Crippen LogP contribution >= 0.6 is 0 Å². The first-order valence-electron chi connectivity index (χ1n) is 4.99. The van der Waals surface area contributed by atoms with E-state index in [-0.39, 0.29) is 6.03 Å². The van der Waals surface area contributed by atoms with Crippen LogP contribution in [0.4, 0.5) is 4.79 Å². The Balaban J connectivity index is 2.94. The van der Waals surface area contributed by atoms with Crippen molar-refractivity contribution in [3.63, 3.8) is 0 Å². The van der Waals surface area contributed by atoms with Gasteiger partial charge in [0.05, 0.1) is 0 Å². The first-order chi connectivity index (χ1) is 7.28. The van der Waals surface area contributed by atoms with Crippen molar-refractivity contribution in [3.05, 3.63) is 6.42 Å². The number of nitrogens with zero attached hydrogens (tertiary/aromatic N) is 3. The lowest BCUT2D eigenvalue weighted by atomic mass is 10.4. The molecule has 0 aromatic heterocycles. The van der Waals surface area contributed by atoms with Crippen LogP contribution in [0.2, 0.25) is 0 Å². The lowest BCUT2D eigenvalue weighted by Gasteiger charge is -2.29. The minimum absolute atomic E-state index is 0.274. The Morgan fingerprint density at radius 3 is 2.31 bits per heavy atom. The quantitative estimate of drug-likeness (QED) is 0.679. The molecule has 1 aliphatic heterocycles. The maximum Gasteiger partial charge on any atom is 0.320 e. The summed E-state index contributed by atoms with van der Waals surface area (Å²) < 4.78 is 25.1. The zero-order chi connectivity index (χ0) is 12.5. The summed E-state index contributed by atoms with van der Waals surface area (Å²) in [6.45, 7) is 0.384. The number of carbonyl (C=O) groups is 1. The van der Waals surface area contributed by atoms with Gasteiger partial charge < -0.3 is 9.80 Å². The highest BCUT2D eigenvalue weighted by molar-refractivity contribution is 7.89. The standard InChI is InChI=1S/C9H18N3O3S/c1-10(2)9(13)12-7-5-6-8(12)16(14,15)11(3)4/h5,8H,6-7H2,1-4H3/t8-/m1/s1. The van der Waals surface area contributed by atoms with Crippen molar-refractivity contribution in [2.24, 2.45) is 0 Å². The van der Waals surface area contributed by atoms with Crippen LogP contribution in [0, 0.1) is 6.42 Å². The number of rotatable bonds is 2. The maximum absolute atomic E-state index is 12.0. The molecular formula is C9H18N3O3S. The Labute approximate surface area is 96.9 Å². The van der Waals surface area contributed by atoms with Gasteiger partial charge in [0.15, 0.2) is 0 Å². The minimum Gasteiger partial charge on any atom is -0.331 e. The maximum atomic E-state index is 12.0. The van der Waals surface area contributed by atoms with Gasteiger partial charge in [-0.1, -0.05) is 0 Å². The lowest BCUT2D eigenvalue weighted by Crippen LogP contribution is -2.48. The number of sulfonamides is 1. The third-order valence-electron chi connectivity index (χ3n) is 2.52. The summed E-state index contributed by atoms with van der Waals surface area (Å²) in [5, 5.41) is -0.766. The summed E-state index contributed by atoms with van der Waals surface area (Å²) in [5.74, 6) is 0. The van der Waals surface area contributed by atoms with Crippen LogP contribution < -0.4 is 0 Å². The van der Waals surface area contributed by atoms with Crippen molar-refractivity contribution >= 4 is 16.1 Å². The van der Waals surface area contributed by atoms with Gasteiger partial charge in [0.25, 0.3) is 0 Å². The summed E-state index contributed by atoms with van der Waals surface area (Å²) in [5.41, 5.74) is 0. The largest absolute Gasteiger partial charge is 0.331 e. The highest BCUT2D eigenvalue weighted by Crippen LogP contribution is 2.23. The molecule has 93 valence electrons. The Bertz CT molecular complexity index is 364. The predicted molar refractivity (Wildman–Crippen MR) is 61.1 cm³/mol. The van der Waals surface area contributed by atoms with Gasteiger partial charge in [0.2, 0.25) is 10.0 Å². The van der Waals surface area contributed by atoms with E-state index in [1.54, 1.807) is 14.1 Å². The zero-order valence-electron chi connectivity index (χ0n) is 10.0. The fraction of sp³-hybridized carbons (Fsp3) is 0.778. The smallest absolute Gasteiger partial charge is 0.320 e. The van der Waals surface area contributed by atoms with Crippen LogP contribution in [-0.2, 0) is 10.0 Å². The van der Waals surface area contributed by atoms with Gasteiger partial charge in [0.1, 0.15) is 5.37 Å². The van der Waals surface area contributed by atoms with Gasteiger partial charge >= 0.3 is 6.03 Å². The first kappa shape index (κ1) is 13.2.